The number of rotatable bonds is 4. The van der Waals surface area contributed by atoms with Crippen molar-refractivity contribution in [1.29, 1.82) is 0 Å². The third kappa shape index (κ3) is 3.61. The number of nitrogens with one attached hydrogen (secondary N) is 1. The highest BCUT2D eigenvalue weighted by atomic mass is 19.1. The Labute approximate surface area is 147 Å². The zero-order valence-electron chi connectivity index (χ0n) is 14.2. The van der Waals surface area contributed by atoms with E-state index >= 15 is 0 Å². The van der Waals surface area contributed by atoms with Gasteiger partial charge in [-0.15, -0.1) is 0 Å². The smallest absolute Gasteiger partial charge is 0.223 e. The van der Waals surface area contributed by atoms with Crippen LogP contribution in [0.4, 0.5) is 4.39 Å². The molecule has 132 valence electrons. The number of aryl methyl sites for hydroxylation is 1. The van der Waals surface area contributed by atoms with Crippen LogP contribution in [0.5, 0.6) is 0 Å². The van der Waals surface area contributed by atoms with Crippen molar-refractivity contribution in [3.05, 3.63) is 48.0 Å². The summed E-state index contributed by atoms with van der Waals surface area (Å²) in [4.78, 5) is 14.5. The highest BCUT2D eigenvalue weighted by molar-refractivity contribution is 5.76. The second-order valence-corrected chi connectivity index (χ2v) is 7.01. The summed E-state index contributed by atoms with van der Waals surface area (Å²) in [6.07, 6.45) is 4.42. The molecular formula is C20H23FN2O2. The van der Waals surface area contributed by atoms with Crippen molar-refractivity contribution in [3.63, 3.8) is 0 Å². The number of furan rings is 1. The summed E-state index contributed by atoms with van der Waals surface area (Å²) in [5, 5.41) is 3.59. The molecule has 1 aromatic heterocycles. The number of fused-ring (bicyclic) bond motifs is 2. The molecule has 1 aromatic carbocycles. The first-order valence-electron chi connectivity index (χ1n) is 9.06. The number of amides is 1. The summed E-state index contributed by atoms with van der Waals surface area (Å²) < 4.78 is 19.6. The van der Waals surface area contributed by atoms with Crippen molar-refractivity contribution in [3.8, 4) is 11.3 Å². The Morgan fingerprint density at radius 1 is 1.16 bits per heavy atom. The molecule has 1 N–H and O–H groups in total. The Kier molecular flexibility index (Phi) is 4.57. The van der Waals surface area contributed by atoms with Gasteiger partial charge < -0.3 is 14.6 Å². The van der Waals surface area contributed by atoms with Gasteiger partial charge in [0.05, 0.1) is 5.56 Å². The molecule has 0 spiro atoms. The van der Waals surface area contributed by atoms with Crippen LogP contribution in [0.1, 0.15) is 31.4 Å². The van der Waals surface area contributed by atoms with E-state index in [-0.39, 0.29) is 11.7 Å². The Bertz CT molecular complexity index is 758. The van der Waals surface area contributed by atoms with E-state index in [0.29, 0.717) is 36.2 Å². The highest BCUT2D eigenvalue weighted by Crippen LogP contribution is 2.26. The summed E-state index contributed by atoms with van der Waals surface area (Å²) in [6.45, 7) is 1.65. The van der Waals surface area contributed by atoms with Crippen LogP contribution < -0.4 is 5.32 Å². The van der Waals surface area contributed by atoms with Crippen molar-refractivity contribution >= 4 is 5.91 Å². The number of likely N-dealkylation sites (tertiary alicyclic amines) is 1. The van der Waals surface area contributed by atoms with Gasteiger partial charge in [-0.2, -0.15) is 0 Å². The van der Waals surface area contributed by atoms with Crippen molar-refractivity contribution in [2.24, 2.45) is 0 Å². The second kappa shape index (κ2) is 7.00. The molecule has 4 nitrogen and oxygen atoms in total. The zero-order valence-corrected chi connectivity index (χ0v) is 14.2. The summed E-state index contributed by atoms with van der Waals surface area (Å²) in [6, 6.07) is 11.2. The van der Waals surface area contributed by atoms with Gasteiger partial charge in [0, 0.05) is 38.0 Å². The van der Waals surface area contributed by atoms with Crippen LogP contribution in [0.2, 0.25) is 0 Å². The largest absolute Gasteiger partial charge is 0.461 e. The van der Waals surface area contributed by atoms with E-state index < -0.39 is 0 Å². The van der Waals surface area contributed by atoms with Crippen LogP contribution in [0.25, 0.3) is 11.3 Å². The fraction of sp³-hybridized carbons (Fsp3) is 0.450. The molecule has 1 amide bonds. The van der Waals surface area contributed by atoms with Crippen molar-refractivity contribution in [1.82, 2.24) is 10.2 Å². The van der Waals surface area contributed by atoms with E-state index in [0.717, 1.165) is 25.3 Å². The van der Waals surface area contributed by atoms with E-state index in [1.165, 1.54) is 18.9 Å². The molecule has 2 unspecified atom stereocenters. The van der Waals surface area contributed by atoms with Crippen molar-refractivity contribution in [2.75, 3.05) is 13.1 Å². The molecule has 0 saturated carbocycles. The SMILES string of the molecule is O=C(CCc1ccc(-c2ccccc2F)o1)N1CCC2CCC(C1)N2. The molecule has 2 atom stereocenters. The lowest BCUT2D eigenvalue weighted by atomic mass is 10.1. The Morgan fingerprint density at radius 2 is 2.00 bits per heavy atom. The first kappa shape index (κ1) is 16.3. The van der Waals surface area contributed by atoms with Crippen LogP contribution in [0.3, 0.4) is 0 Å². The molecule has 0 radical (unpaired) electrons. The zero-order chi connectivity index (χ0) is 17.2. The van der Waals surface area contributed by atoms with Gasteiger partial charge in [-0.05, 0) is 43.5 Å². The van der Waals surface area contributed by atoms with Crippen LogP contribution >= 0.6 is 0 Å². The normalized spacial score (nSPS) is 22.8. The number of halogens is 1. The van der Waals surface area contributed by atoms with E-state index in [2.05, 4.69) is 5.32 Å². The minimum absolute atomic E-state index is 0.179. The predicted molar refractivity (Wildman–Crippen MR) is 93.6 cm³/mol. The molecule has 3 heterocycles. The van der Waals surface area contributed by atoms with Gasteiger partial charge in [-0.25, -0.2) is 4.39 Å². The number of benzene rings is 1. The molecule has 4 rings (SSSR count). The predicted octanol–water partition coefficient (Wildman–Crippen LogP) is 3.37. The molecule has 2 aliphatic heterocycles. The molecule has 2 aromatic rings. The molecule has 25 heavy (non-hydrogen) atoms. The molecule has 2 bridgehead atoms. The lowest BCUT2D eigenvalue weighted by Gasteiger charge is -2.24. The summed E-state index contributed by atoms with van der Waals surface area (Å²) in [5.74, 6) is 1.11. The highest BCUT2D eigenvalue weighted by Gasteiger charge is 2.30. The topological polar surface area (TPSA) is 45.5 Å². The van der Waals surface area contributed by atoms with Crippen molar-refractivity contribution < 1.29 is 13.6 Å². The quantitative estimate of drug-likeness (QED) is 0.927. The number of nitrogens with zero attached hydrogens (tertiary/aromatic N) is 1. The fourth-order valence-corrected chi connectivity index (χ4v) is 3.88. The maximum atomic E-state index is 13.8. The summed E-state index contributed by atoms with van der Waals surface area (Å²) in [5.41, 5.74) is 0.453. The third-order valence-electron chi connectivity index (χ3n) is 5.26. The fourth-order valence-electron chi connectivity index (χ4n) is 3.88. The molecule has 2 fully saturated rings. The van der Waals surface area contributed by atoms with Crippen LogP contribution in [-0.2, 0) is 11.2 Å². The molecule has 2 saturated heterocycles. The Hall–Kier alpha value is -2.14. The number of carbonyl (C=O) groups excluding carboxylic acids is 1. The van der Waals surface area contributed by atoms with Crippen LogP contribution in [-0.4, -0.2) is 36.0 Å². The lowest BCUT2D eigenvalue weighted by Crippen LogP contribution is -2.39. The average Bonchev–Trinajstić information content (AvgIpc) is 3.19. The van der Waals surface area contributed by atoms with Gasteiger partial charge >= 0.3 is 0 Å². The van der Waals surface area contributed by atoms with Gasteiger partial charge in [0.1, 0.15) is 17.3 Å². The van der Waals surface area contributed by atoms with Gasteiger partial charge in [-0.3, -0.25) is 4.79 Å². The minimum atomic E-state index is -0.299. The average molecular weight is 342 g/mol. The standard InChI is InChI=1S/C20H23FN2O2/c21-18-4-2-1-3-17(18)19-9-7-16(25-19)8-10-20(24)23-12-11-14-5-6-15(13-23)22-14/h1-4,7,9,14-15,22H,5-6,8,10-13H2. The van der Waals surface area contributed by atoms with Crippen LogP contribution in [0.15, 0.2) is 40.8 Å². The summed E-state index contributed by atoms with van der Waals surface area (Å²) in [7, 11) is 0. The Balaban J connectivity index is 1.35. The number of hydrogen-bond donors (Lipinski definition) is 1. The number of hydrogen-bond acceptors (Lipinski definition) is 3. The summed E-state index contributed by atoms with van der Waals surface area (Å²) >= 11 is 0. The molecule has 5 heteroatoms. The third-order valence-corrected chi connectivity index (χ3v) is 5.26. The van der Waals surface area contributed by atoms with E-state index in [9.17, 15) is 9.18 Å². The molecular weight excluding hydrogens is 319 g/mol. The maximum Gasteiger partial charge on any atom is 0.223 e. The maximum absolute atomic E-state index is 13.8. The van der Waals surface area contributed by atoms with Gasteiger partial charge in [0.15, 0.2) is 0 Å². The minimum Gasteiger partial charge on any atom is -0.461 e. The lowest BCUT2D eigenvalue weighted by molar-refractivity contribution is -0.131. The Morgan fingerprint density at radius 3 is 2.88 bits per heavy atom. The second-order valence-electron chi connectivity index (χ2n) is 7.01. The van der Waals surface area contributed by atoms with Crippen LogP contribution in [0, 0.1) is 5.82 Å². The first-order chi connectivity index (χ1) is 12.2. The van der Waals surface area contributed by atoms with E-state index in [1.807, 2.05) is 11.0 Å². The van der Waals surface area contributed by atoms with Crippen molar-refractivity contribution in [2.45, 2.75) is 44.2 Å². The number of carbonyl (C=O) groups is 1. The van der Waals surface area contributed by atoms with Gasteiger partial charge in [0.25, 0.3) is 0 Å². The van der Waals surface area contributed by atoms with E-state index in [4.69, 9.17) is 4.42 Å². The van der Waals surface area contributed by atoms with Gasteiger partial charge in [0.2, 0.25) is 5.91 Å². The monoisotopic (exact) mass is 342 g/mol. The molecule has 2 aliphatic rings. The van der Waals surface area contributed by atoms with E-state index in [1.54, 1.807) is 24.3 Å². The van der Waals surface area contributed by atoms with Gasteiger partial charge in [-0.1, -0.05) is 12.1 Å². The molecule has 0 aliphatic carbocycles. The first-order valence-corrected chi connectivity index (χ1v) is 9.06.